The van der Waals surface area contributed by atoms with E-state index in [1.54, 1.807) is 0 Å². The molecule has 0 unspecified atom stereocenters. The summed E-state index contributed by atoms with van der Waals surface area (Å²) in [6, 6.07) is 15.0. The summed E-state index contributed by atoms with van der Waals surface area (Å²) < 4.78 is 0. The third-order valence-corrected chi connectivity index (χ3v) is 4.47. The first-order valence-corrected chi connectivity index (χ1v) is 8.17. The van der Waals surface area contributed by atoms with E-state index in [9.17, 15) is 4.79 Å². The van der Waals surface area contributed by atoms with Crippen LogP contribution in [0.5, 0.6) is 0 Å². The number of aliphatic imine (C=N–C) groups is 1. The number of benzene rings is 2. The van der Waals surface area contributed by atoms with Crippen molar-refractivity contribution >= 4 is 45.4 Å². The van der Waals surface area contributed by atoms with Gasteiger partial charge in [0.1, 0.15) is 5.71 Å². The summed E-state index contributed by atoms with van der Waals surface area (Å²) in [7, 11) is 0. The first-order valence-electron chi connectivity index (χ1n) is 6.91. The number of hydrogen-bond donors (Lipinski definition) is 1. The number of carbonyl (C=O) groups is 1. The van der Waals surface area contributed by atoms with Crippen LogP contribution in [0.4, 0.5) is 10.8 Å². The molecule has 0 spiro atoms. The first-order chi connectivity index (χ1) is 11.2. The summed E-state index contributed by atoms with van der Waals surface area (Å²) in [6.45, 7) is 0. The Balaban J connectivity index is 1.70. The fourth-order valence-corrected chi connectivity index (χ4v) is 3.20. The van der Waals surface area contributed by atoms with Gasteiger partial charge in [0, 0.05) is 21.5 Å². The molecule has 0 aliphatic carbocycles. The molecule has 3 aromatic rings. The fourth-order valence-electron chi connectivity index (χ4n) is 2.38. The zero-order valence-electron chi connectivity index (χ0n) is 11.8. The molecule has 0 saturated carbocycles. The Hall–Kier alpha value is -2.50. The number of para-hydroxylation sites is 1. The molecular formula is C17H10ClN3OS. The molecule has 2 heterocycles. The van der Waals surface area contributed by atoms with Gasteiger partial charge in [-0.3, -0.25) is 4.79 Å². The molecule has 0 atom stereocenters. The summed E-state index contributed by atoms with van der Waals surface area (Å²) in [5.74, 6) is -0.200. The molecule has 0 radical (unpaired) electrons. The van der Waals surface area contributed by atoms with E-state index in [0.717, 1.165) is 22.5 Å². The number of halogens is 1. The highest BCUT2D eigenvalue weighted by Gasteiger charge is 2.25. The number of anilines is 1. The topological polar surface area (TPSA) is 54.4 Å². The van der Waals surface area contributed by atoms with Crippen LogP contribution >= 0.6 is 22.9 Å². The zero-order valence-corrected chi connectivity index (χ0v) is 13.4. The smallest absolute Gasteiger partial charge is 0.275 e. The van der Waals surface area contributed by atoms with E-state index in [4.69, 9.17) is 11.6 Å². The Bertz CT molecular complexity index is 931. The lowest BCUT2D eigenvalue weighted by atomic mass is 10.1. The van der Waals surface area contributed by atoms with Gasteiger partial charge in [0.15, 0.2) is 0 Å². The molecule has 1 aromatic heterocycles. The van der Waals surface area contributed by atoms with Crippen molar-refractivity contribution in [3.05, 3.63) is 64.5 Å². The van der Waals surface area contributed by atoms with Crippen molar-refractivity contribution in [3.63, 3.8) is 0 Å². The summed E-state index contributed by atoms with van der Waals surface area (Å²) in [5, 5.41) is 5.96. The SMILES string of the molecule is O=C1Nc2ccccc2/C1=N/c1nc(-c2ccc(Cl)cc2)cs1. The number of nitrogens with zero attached hydrogens (tertiary/aromatic N) is 2. The molecule has 4 nitrogen and oxygen atoms in total. The van der Waals surface area contributed by atoms with Crippen LogP contribution in [-0.4, -0.2) is 16.6 Å². The number of thiazole rings is 1. The van der Waals surface area contributed by atoms with E-state index in [1.165, 1.54) is 11.3 Å². The van der Waals surface area contributed by atoms with Crippen molar-refractivity contribution in [3.8, 4) is 11.3 Å². The van der Waals surface area contributed by atoms with Gasteiger partial charge in [-0.2, -0.15) is 0 Å². The minimum absolute atomic E-state index is 0.200. The molecule has 0 saturated heterocycles. The normalized spacial score (nSPS) is 14.8. The molecule has 0 fully saturated rings. The highest BCUT2D eigenvalue weighted by atomic mass is 35.5. The standard InChI is InChI=1S/C17H10ClN3OS/c18-11-7-5-10(6-8-11)14-9-23-17(20-14)21-15-12-3-1-2-4-13(12)19-16(15)22/h1-9H,(H,19,20,21,22). The Morgan fingerprint density at radius 3 is 2.70 bits per heavy atom. The predicted octanol–water partition coefficient (Wildman–Crippen LogP) is 4.54. The van der Waals surface area contributed by atoms with Crippen LogP contribution in [0, 0.1) is 0 Å². The van der Waals surface area contributed by atoms with Crippen LogP contribution in [0.2, 0.25) is 5.02 Å². The molecule has 6 heteroatoms. The van der Waals surface area contributed by atoms with Gasteiger partial charge in [-0.15, -0.1) is 11.3 Å². The molecular weight excluding hydrogens is 330 g/mol. The number of fused-ring (bicyclic) bond motifs is 1. The van der Waals surface area contributed by atoms with Crippen LogP contribution in [0.3, 0.4) is 0 Å². The minimum atomic E-state index is -0.200. The second-order valence-corrected chi connectivity index (χ2v) is 6.26. The monoisotopic (exact) mass is 339 g/mol. The van der Waals surface area contributed by atoms with Gasteiger partial charge in [-0.1, -0.05) is 41.9 Å². The third kappa shape index (κ3) is 2.65. The van der Waals surface area contributed by atoms with Crippen LogP contribution < -0.4 is 5.32 Å². The number of hydrogen-bond acceptors (Lipinski definition) is 4. The summed E-state index contributed by atoms with van der Waals surface area (Å²) in [5.41, 5.74) is 3.77. The highest BCUT2D eigenvalue weighted by Crippen LogP contribution is 2.30. The average Bonchev–Trinajstić information content (AvgIpc) is 3.14. The van der Waals surface area contributed by atoms with Crippen molar-refractivity contribution in [1.29, 1.82) is 0 Å². The van der Waals surface area contributed by atoms with Gasteiger partial charge in [0.2, 0.25) is 5.13 Å². The second-order valence-electron chi connectivity index (χ2n) is 4.98. The Labute approximate surface area is 141 Å². The van der Waals surface area contributed by atoms with E-state index >= 15 is 0 Å². The van der Waals surface area contributed by atoms with E-state index in [2.05, 4.69) is 15.3 Å². The highest BCUT2D eigenvalue weighted by molar-refractivity contribution is 7.13. The largest absolute Gasteiger partial charge is 0.320 e. The van der Waals surface area contributed by atoms with Crippen molar-refractivity contribution in [2.24, 2.45) is 4.99 Å². The second kappa shape index (κ2) is 5.61. The summed E-state index contributed by atoms with van der Waals surface area (Å²) in [6.07, 6.45) is 0. The molecule has 112 valence electrons. The van der Waals surface area contributed by atoms with Crippen molar-refractivity contribution < 1.29 is 4.79 Å². The molecule has 1 aliphatic heterocycles. The number of carbonyl (C=O) groups excluding carboxylic acids is 1. The van der Waals surface area contributed by atoms with E-state index in [0.29, 0.717) is 15.9 Å². The van der Waals surface area contributed by atoms with Crippen LogP contribution in [-0.2, 0) is 4.79 Å². The lowest BCUT2D eigenvalue weighted by Crippen LogP contribution is -2.13. The molecule has 4 rings (SSSR count). The average molecular weight is 340 g/mol. The van der Waals surface area contributed by atoms with E-state index in [1.807, 2.05) is 53.9 Å². The van der Waals surface area contributed by atoms with Crippen LogP contribution in [0.15, 0.2) is 58.9 Å². The van der Waals surface area contributed by atoms with Crippen LogP contribution in [0.1, 0.15) is 5.56 Å². The van der Waals surface area contributed by atoms with Crippen LogP contribution in [0.25, 0.3) is 11.3 Å². The van der Waals surface area contributed by atoms with Gasteiger partial charge in [-0.05, 0) is 18.2 Å². The predicted molar refractivity (Wildman–Crippen MR) is 93.8 cm³/mol. The Morgan fingerprint density at radius 1 is 1.09 bits per heavy atom. The van der Waals surface area contributed by atoms with E-state index in [-0.39, 0.29) is 5.91 Å². The molecule has 0 bridgehead atoms. The minimum Gasteiger partial charge on any atom is -0.320 e. The van der Waals surface area contributed by atoms with E-state index < -0.39 is 0 Å². The van der Waals surface area contributed by atoms with Gasteiger partial charge in [0.05, 0.1) is 11.4 Å². The lowest BCUT2D eigenvalue weighted by Gasteiger charge is -1.96. The summed E-state index contributed by atoms with van der Waals surface area (Å²) >= 11 is 7.30. The molecule has 1 N–H and O–H groups in total. The van der Waals surface area contributed by atoms with Crippen molar-refractivity contribution in [2.75, 3.05) is 5.32 Å². The maximum absolute atomic E-state index is 12.1. The number of amides is 1. The first kappa shape index (κ1) is 14.1. The molecule has 23 heavy (non-hydrogen) atoms. The van der Waals surface area contributed by atoms with Crippen molar-refractivity contribution in [1.82, 2.24) is 4.98 Å². The maximum atomic E-state index is 12.1. The quantitative estimate of drug-likeness (QED) is 0.745. The summed E-state index contributed by atoms with van der Waals surface area (Å²) in [4.78, 5) is 21.0. The van der Waals surface area contributed by atoms with Gasteiger partial charge >= 0.3 is 0 Å². The van der Waals surface area contributed by atoms with Gasteiger partial charge < -0.3 is 5.32 Å². The number of aromatic nitrogens is 1. The van der Waals surface area contributed by atoms with Gasteiger partial charge in [0.25, 0.3) is 5.91 Å². The fraction of sp³-hybridized carbons (Fsp3) is 0. The zero-order chi connectivity index (χ0) is 15.8. The number of rotatable bonds is 2. The lowest BCUT2D eigenvalue weighted by molar-refractivity contribution is -0.110. The van der Waals surface area contributed by atoms with Gasteiger partial charge in [-0.25, -0.2) is 9.98 Å². The molecule has 1 aliphatic rings. The third-order valence-electron chi connectivity index (χ3n) is 3.48. The molecule has 2 aromatic carbocycles. The number of nitrogens with one attached hydrogen (secondary N) is 1. The Kier molecular flexibility index (Phi) is 3.44. The molecule has 1 amide bonds. The Morgan fingerprint density at radius 2 is 1.87 bits per heavy atom. The maximum Gasteiger partial charge on any atom is 0.275 e. The van der Waals surface area contributed by atoms with Crippen molar-refractivity contribution in [2.45, 2.75) is 0 Å².